The van der Waals surface area contributed by atoms with Crippen molar-refractivity contribution in [1.29, 1.82) is 0 Å². The molecule has 0 fully saturated rings. The number of nitrogens with one attached hydrogen (secondary N) is 1. The molecule has 0 atom stereocenters. The molecule has 1 heterocycles. The Kier molecular flexibility index (Phi) is 4.27. The molecule has 0 aliphatic rings. The molecule has 0 amide bonds. The highest BCUT2D eigenvalue weighted by molar-refractivity contribution is 7.98. The zero-order chi connectivity index (χ0) is 13.8. The van der Waals surface area contributed by atoms with Gasteiger partial charge in [0, 0.05) is 17.7 Å². The third kappa shape index (κ3) is 3.17. The molecule has 19 heavy (non-hydrogen) atoms. The first kappa shape index (κ1) is 13.7. The average Bonchev–Trinajstić information content (AvgIpc) is 2.42. The van der Waals surface area contributed by atoms with E-state index in [2.05, 4.69) is 9.97 Å². The van der Waals surface area contributed by atoms with Crippen LogP contribution in [0.25, 0.3) is 0 Å². The van der Waals surface area contributed by atoms with Gasteiger partial charge < -0.3 is 9.72 Å². The summed E-state index contributed by atoms with van der Waals surface area (Å²) in [5.41, 5.74) is 2.44. The minimum atomic E-state index is -0.0698. The Morgan fingerprint density at radius 2 is 2.21 bits per heavy atom. The summed E-state index contributed by atoms with van der Waals surface area (Å²) in [6, 6.07) is 7.71. The first-order chi connectivity index (χ1) is 9.13. The molecule has 5 heteroatoms. The zero-order valence-corrected chi connectivity index (χ0v) is 12.0. The number of hydrogen-bond acceptors (Lipinski definition) is 4. The molecule has 0 saturated carbocycles. The van der Waals surface area contributed by atoms with Gasteiger partial charge >= 0.3 is 0 Å². The minimum Gasteiger partial charge on any atom is -0.497 e. The molecule has 1 aromatic heterocycles. The van der Waals surface area contributed by atoms with Crippen molar-refractivity contribution < 1.29 is 4.74 Å². The Morgan fingerprint density at radius 3 is 2.84 bits per heavy atom. The van der Waals surface area contributed by atoms with Gasteiger partial charge in [0.1, 0.15) is 5.75 Å². The number of rotatable bonds is 4. The number of hydrogen-bond donors (Lipinski definition) is 1. The predicted molar refractivity (Wildman–Crippen MR) is 77.2 cm³/mol. The number of methoxy groups -OCH3 is 1. The van der Waals surface area contributed by atoms with E-state index in [0.717, 1.165) is 17.0 Å². The normalized spacial score (nSPS) is 10.5. The molecule has 0 unspecified atom stereocenters. The van der Waals surface area contributed by atoms with Crippen molar-refractivity contribution in [3.05, 3.63) is 51.4 Å². The molecule has 0 bridgehead atoms. The molecule has 0 aliphatic carbocycles. The molecule has 0 saturated heterocycles. The average molecular weight is 276 g/mol. The molecule has 100 valence electrons. The summed E-state index contributed by atoms with van der Waals surface area (Å²) < 4.78 is 5.18. The summed E-state index contributed by atoms with van der Waals surface area (Å²) in [5, 5.41) is 0.650. The van der Waals surface area contributed by atoms with E-state index in [-0.39, 0.29) is 5.56 Å². The topological polar surface area (TPSA) is 55.0 Å². The van der Waals surface area contributed by atoms with Crippen molar-refractivity contribution in [2.45, 2.75) is 18.5 Å². The van der Waals surface area contributed by atoms with Crippen LogP contribution in [0.2, 0.25) is 0 Å². The van der Waals surface area contributed by atoms with E-state index >= 15 is 0 Å². The maximum atomic E-state index is 12.0. The van der Waals surface area contributed by atoms with E-state index in [0.29, 0.717) is 17.1 Å². The second kappa shape index (κ2) is 5.93. The van der Waals surface area contributed by atoms with Crippen molar-refractivity contribution in [1.82, 2.24) is 9.97 Å². The van der Waals surface area contributed by atoms with Gasteiger partial charge in [-0.05, 0) is 30.9 Å². The van der Waals surface area contributed by atoms with E-state index in [1.807, 2.05) is 37.4 Å². The van der Waals surface area contributed by atoms with Gasteiger partial charge in [0.05, 0.1) is 7.11 Å². The quantitative estimate of drug-likeness (QED) is 0.688. The van der Waals surface area contributed by atoms with Crippen LogP contribution in [0, 0.1) is 6.92 Å². The van der Waals surface area contributed by atoms with Gasteiger partial charge in [0.25, 0.3) is 5.56 Å². The van der Waals surface area contributed by atoms with E-state index in [4.69, 9.17) is 4.74 Å². The monoisotopic (exact) mass is 276 g/mol. The number of H-pyrrole nitrogens is 1. The fourth-order valence-corrected chi connectivity index (χ4v) is 2.30. The van der Waals surface area contributed by atoms with Crippen LogP contribution in [0.4, 0.5) is 0 Å². The lowest BCUT2D eigenvalue weighted by molar-refractivity contribution is 0.414. The smallest absolute Gasteiger partial charge is 0.255 e. The van der Waals surface area contributed by atoms with Crippen LogP contribution in [-0.4, -0.2) is 23.3 Å². The summed E-state index contributed by atoms with van der Waals surface area (Å²) >= 11 is 1.43. The van der Waals surface area contributed by atoms with Gasteiger partial charge in [-0.15, -0.1) is 0 Å². The lowest BCUT2D eigenvalue weighted by Crippen LogP contribution is -2.17. The first-order valence-electron chi connectivity index (χ1n) is 5.90. The summed E-state index contributed by atoms with van der Waals surface area (Å²) in [6.07, 6.45) is 2.44. The van der Waals surface area contributed by atoms with Crippen molar-refractivity contribution in [2.75, 3.05) is 13.4 Å². The number of aryl methyl sites for hydroxylation is 1. The molecule has 0 aliphatic heterocycles. The minimum absolute atomic E-state index is 0.0698. The Morgan fingerprint density at radius 1 is 1.42 bits per heavy atom. The van der Waals surface area contributed by atoms with Gasteiger partial charge in [0.15, 0.2) is 5.16 Å². The molecule has 0 spiro atoms. The lowest BCUT2D eigenvalue weighted by Gasteiger charge is -2.07. The second-order valence-electron chi connectivity index (χ2n) is 4.17. The standard InChI is InChI=1S/C14H16N2O2S/c1-9-12(13(17)16-14(15-9)19-3)8-10-5-4-6-11(7-10)18-2/h4-7H,8H2,1-3H3,(H,15,16,17). The van der Waals surface area contributed by atoms with Gasteiger partial charge in [-0.3, -0.25) is 4.79 Å². The highest BCUT2D eigenvalue weighted by Crippen LogP contribution is 2.16. The largest absolute Gasteiger partial charge is 0.497 e. The second-order valence-corrected chi connectivity index (χ2v) is 4.96. The lowest BCUT2D eigenvalue weighted by atomic mass is 10.1. The van der Waals surface area contributed by atoms with E-state index in [9.17, 15) is 4.79 Å². The van der Waals surface area contributed by atoms with Crippen LogP contribution in [0.5, 0.6) is 5.75 Å². The fraction of sp³-hybridized carbons (Fsp3) is 0.286. The Labute approximate surface area is 116 Å². The predicted octanol–water partition coefficient (Wildman–Crippen LogP) is 2.40. The van der Waals surface area contributed by atoms with Crippen molar-refractivity contribution in [2.24, 2.45) is 0 Å². The van der Waals surface area contributed by atoms with E-state index < -0.39 is 0 Å². The summed E-state index contributed by atoms with van der Waals surface area (Å²) in [7, 11) is 1.63. The third-order valence-electron chi connectivity index (χ3n) is 2.91. The first-order valence-corrected chi connectivity index (χ1v) is 7.13. The maximum absolute atomic E-state index is 12.0. The molecule has 1 aromatic carbocycles. The maximum Gasteiger partial charge on any atom is 0.255 e. The van der Waals surface area contributed by atoms with Gasteiger partial charge in [-0.25, -0.2) is 4.98 Å². The van der Waals surface area contributed by atoms with Crippen LogP contribution >= 0.6 is 11.8 Å². The molecule has 0 radical (unpaired) electrons. The van der Waals surface area contributed by atoms with Crippen LogP contribution in [0.1, 0.15) is 16.8 Å². The van der Waals surface area contributed by atoms with Crippen LogP contribution in [0.3, 0.4) is 0 Å². The van der Waals surface area contributed by atoms with Crippen molar-refractivity contribution >= 4 is 11.8 Å². The molecule has 4 nitrogen and oxygen atoms in total. The summed E-state index contributed by atoms with van der Waals surface area (Å²) in [6.45, 7) is 1.87. The zero-order valence-electron chi connectivity index (χ0n) is 11.2. The highest BCUT2D eigenvalue weighted by Gasteiger charge is 2.09. The van der Waals surface area contributed by atoms with E-state index in [1.165, 1.54) is 11.8 Å². The van der Waals surface area contributed by atoms with Crippen LogP contribution in [0.15, 0.2) is 34.2 Å². The van der Waals surface area contributed by atoms with Gasteiger partial charge in [-0.1, -0.05) is 23.9 Å². The Bertz CT molecular complexity index is 638. The number of thioether (sulfide) groups is 1. The van der Waals surface area contributed by atoms with Crippen molar-refractivity contribution in [3.63, 3.8) is 0 Å². The number of aromatic amines is 1. The molecule has 1 N–H and O–H groups in total. The Balaban J connectivity index is 2.35. The van der Waals surface area contributed by atoms with Gasteiger partial charge in [-0.2, -0.15) is 0 Å². The third-order valence-corrected chi connectivity index (χ3v) is 3.49. The Hall–Kier alpha value is -1.75. The van der Waals surface area contributed by atoms with E-state index in [1.54, 1.807) is 7.11 Å². The number of aromatic nitrogens is 2. The molecular weight excluding hydrogens is 260 g/mol. The van der Waals surface area contributed by atoms with Gasteiger partial charge in [0.2, 0.25) is 0 Å². The molecule has 2 rings (SSSR count). The summed E-state index contributed by atoms with van der Waals surface area (Å²) in [5.74, 6) is 0.792. The molecular formula is C14H16N2O2S. The number of ether oxygens (including phenoxy) is 1. The van der Waals surface area contributed by atoms with Crippen LogP contribution < -0.4 is 10.3 Å². The number of nitrogens with zero attached hydrogens (tertiary/aromatic N) is 1. The van der Waals surface area contributed by atoms with Crippen molar-refractivity contribution in [3.8, 4) is 5.75 Å². The SMILES string of the molecule is COc1cccc(Cc2c(C)nc(SC)[nH]c2=O)c1. The fourth-order valence-electron chi connectivity index (χ4n) is 1.88. The highest BCUT2D eigenvalue weighted by atomic mass is 32.2. The van der Waals surface area contributed by atoms with Crippen LogP contribution in [-0.2, 0) is 6.42 Å². The number of benzene rings is 1. The summed E-state index contributed by atoms with van der Waals surface area (Å²) in [4.78, 5) is 19.2. The molecule has 2 aromatic rings.